The highest BCUT2D eigenvalue weighted by Crippen LogP contribution is 2.37. The number of nitrogens with one attached hydrogen (secondary N) is 1. The normalized spacial score (nSPS) is 17.6. The maximum atomic E-state index is 13.1. The lowest BCUT2D eigenvalue weighted by Gasteiger charge is -2.28. The lowest BCUT2D eigenvalue weighted by molar-refractivity contribution is -0.132. The van der Waals surface area contributed by atoms with Crippen molar-refractivity contribution in [2.45, 2.75) is 38.3 Å². The Balaban J connectivity index is 2.24. The molecule has 8 heteroatoms. The van der Waals surface area contributed by atoms with Gasteiger partial charge in [-0.2, -0.15) is 0 Å². The molecule has 0 radical (unpaired) electrons. The third kappa shape index (κ3) is 5.44. The van der Waals surface area contributed by atoms with Crippen LogP contribution in [0.4, 0.5) is 4.79 Å². The average molecular weight is 422 g/mol. The van der Waals surface area contributed by atoms with Crippen molar-refractivity contribution in [3.63, 3.8) is 0 Å². The standard InChI is InChI=1S/C21H28ClN3O4/c1-5-15(13(2)22)16(24-21(23)27)12-20(26)25-10-6-7-17(25)14-8-9-18(28-3)19(11-14)29-4/h5,8-9,11,16-17H,2,6-7,10,12H2,1,3-4H3,(H3,23,24,27)/b15-5+/t16-,17-/m0/s1. The fourth-order valence-electron chi connectivity index (χ4n) is 3.72. The van der Waals surface area contributed by atoms with Gasteiger partial charge in [0.2, 0.25) is 5.91 Å². The highest BCUT2D eigenvalue weighted by atomic mass is 35.5. The molecule has 1 aromatic rings. The number of carbonyl (C=O) groups excluding carboxylic acids is 2. The molecule has 0 saturated carbocycles. The van der Waals surface area contributed by atoms with E-state index in [0.29, 0.717) is 23.6 Å². The van der Waals surface area contributed by atoms with Crippen molar-refractivity contribution in [1.29, 1.82) is 0 Å². The first kappa shape index (κ1) is 22.6. The Bertz CT molecular complexity index is 809. The number of hydrogen-bond donors (Lipinski definition) is 2. The number of methoxy groups -OCH3 is 2. The molecule has 3 N–H and O–H groups in total. The van der Waals surface area contributed by atoms with Gasteiger partial charge >= 0.3 is 6.03 Å². The largest absolute Gasteiger partial charge is 0.493 e. The maximum absolute atomic E-state index is 13.1. The number of carbonyl (C=O) groups is 2. The third-order valence-corrected chi connectivity index (χ3v) is 5.28. The lowest BCUT2D eigenvalue weighted by atomic mass is 10.0. The minimum Gasteiger partial charge on any atom is -0.493 e. The van der Waals surface area contributed by atoms with E-state index in [-0.39, 0.29) is 23.4 Å². The SMILES string of the molecule is C=C(Cl)/C(=C\C)[C@H](CC(=O)N1CCC[C@H]1c1ccc(OC)c(OC)c1)NC(N)=O. The predicted octanol–water partition coefficient (Wildman–Crippen LogP) is 3.49. The fourth-order valence-corrected chi connectivity index (χ4v) is 3.96. The molecule has 0 aliphatic carbocycles. The number of rotatable bonds is 8. The Hall–Kier alpha value is -2.67. The highest BCUT2D eigenvalue weighted by Gasteiger charge is 2.32. The number of ether oxygens (including phenoxy) is 2. The number of nitrogens with zero attached hydrogens (tertiary/aromatic N) is 1. The van der Waals surface area contributed by atoms with Crippen LogP contribution >= 0.6 is 11.6 Å². The van der Waals surface area contributed by atoms with E-state index in [4.69, 9.17) is 26.8 Å². The second-order valence-electron chi connectivity index (χ2n) is 6.77. The zero-order valence-corrected chi connectivity index (χ0v) is 17.8. The third-order valence-electron chi connectivity index (χ3n) is 5.06. The molecule has 0 spiro atoms. The zero-order valence-electron chi connectivity index (χ0n) is 17.0. The molecule has 3 amide bonds. The Morgan fingerprint density at radius 3 is 2.62 bits per heavy atom. The summed E-state index contributed by atoms with van der Waals surface area (Å²) >= 11 is 6.05. The molecule has 1 saturated heterocycles. The van der Waals surface area contributed by atoms with Crippen molar-refractivity contribution in [3.8, 4) is 11.5 Å². The van der Waals surface area contributed by atoms with E-state index in [0.717, 1.165) is 18.4 Å². The number of benzene rings is 1. The van der Waals surface area contributed by atoms with Crippen LogP contribution in [0.3, 0.4) is 0 Å². The van der Waals surface area contributed by atoms with E-state index in [1.165, 1.54) is 0 Å². The van der Waals surface area contributed by atoms with Crippen LogP contribution in [-0.4, -0.2) is 43.6 Å². The molecule has 2 atom stereocenters. The van der Waals surface area contributed by atoms with Crippen LogP contribution in [0.1, 0.15) is 37.8 Å². The van der Waals surface area contributed by atoms with Crippen molar-refractivity contribution in [3.05, 3.63) is 47.0 Å². The van der Waals surface area contributed by atoms with Gasteiger partial charge in [0.15, 0.2) is 11.5 Å². The first-order chi connectivity index (χ1) is 13.8. The van der Waals surface area contributed by atoms with Crippen LogP contribution in [0.25, 0.3) is 0 Å². The van der Waals surface area contributed by atoms with Gasteiger partial charge in [-0.25, -0.2) is 4.79 Å². The number of amides is 3. The maximum Gasteiger partial charge on any atom is 0.312 e. The van der Waals surface area contributed by atoms with E-state index in [1.807, 2.05) is 23.1 Å². The Morgan fingerprint density at radius 2 is 2.07 bits per heavy atom. The van der Waals surface area contributed by atoms with Gasteiger partial charge in [-0.15, -0.1) is 0 Å². The van der Waals surface area contributed by atoms with Crippen LogP contribution in [0.2, 0.25) is 0 Å². The summed E-state index contributed by atoms with van der Waals surface area (Å²) in [5, 5.41) is 2.86. The van der Waals surface area contributed by atoms with Gasteiger partial charge < -0.3 is 25.4 Å². The van der Waals surface area contributed by atoms with Crippen LogP contribution < -0.4 is 20.5 Å². The lowest BCUT2D eigenvalue weighted by Crippen LogP contribution is -2.43. The molecule has 1 aliphatic rings. The summed E-state index contributed by atoms with van der Waals surface area (Å²) < 4.78 is 10.7. The molecule has 0 unspecified atom stereocenters. The van der Waals surface area contributed by atoms with Gasteiger partial charge in [0.05, 0.1) is 32.7 Å². The van der Waals surface area contributed by atoms with Gasteiger partial charge in [0.1, 0.15) is 0 Å². The Kier molecular flexibility index (Phi) is 7.96. The topological polar surface area (TPSA) is 93.9 Å². The van der Waals surface area contributed by atoms with Gasteiger partial charge in [-0.1, -0.05) is 30.3 Å². The second kappa shape index (κ2) is 10.2. The number of primary amides is 1. The van der Waals surface area contributed by atoms with Crippen LogP contribution in [-0.2, 0) is 4.79 Å². The molecule has 0 bridgehead atoms. The molecule has 158 valence electrons. The van der Waals surface area contributed by atoms with Crippen molar-refractivity contribution in [2.75, 3.05) is 20.8 Å². The smallest absolute Gasteiger partial charge is 0.312 e. The number of halogens is 1. The second-order valence-corrected chi connectivity index (χ2v) is 7.23. The number of hydrogen-bond acceptors (Lipinski definition) is 4. The van der Waals surface area contributed by atoms with Crippen molar-refractivity contribution >= 4 is 23.5 Å². The molecule has 0 aromatic heterocycles. The summed E-state index contributed by atoms with van der Waals surface area (Å²) in [4.78, 5) is 26.4. The van der Waals surface area contributed by atoms with Gasteiger partial charge in [-0.3, -0.25) is 4.79 Å². The minimum atomic E-state index is -0.724. The van der Waals surface area contributed by atoms with E-state index in [2.05, 4.69) is 11.9 Å². The van der Waals surface area contributed by atoms with E-state index in [1.54, 1.807) is 27.2 Å². The summed E-state index contributed by atoms with van der Waals surface area (Å²) in [7, 11) is 3.16. The molecule has 1 heterocycles. The van der Waals surface area contributed by atoms with E-state index < -0.39 is 12.1 Å². The molecule has 29 heavy (non-hydrogen) atoms. The van der Waals surface area contributed by atoms with Crippen LogP contribution in [0.5, 0.6) is 11.5 Å². The predicted molar refractivity (Wildman–Crippen MR) is 113 cm³/mol. The first-order valence-electron chi connectivity index (χ1n) is 9.40. The number of allylic oxidation sites excluding steroid dienone is 1. The monoisotopic (exact) mass is 421 g/mol. The van der Waals surface area contributed by atoms with Gasteiger partial charge in [0.25, 0.3) is 0 Å². The number of nitrogens with two attached hydrogens (primary N) is 1. The van der Waals surface area contributed by atoms with Crippen molar-refractivity contribution < 1.29 is 19.1 Å². The number of urea groups is 1. The van der Waals surface area contributed by atoms with Crippen molar-refractivity contribution in [2.24, 2.45) is 5.73 Å². The molecule has 2 rings (SSSR count). The first-order valence-corrected chi connectivity index (χ1v) is 9.78. The van der Waals surface area contributed by atoms with Gasteiger partial charge in [0, 0.05) is 11.6 Å². The molecular weight excluding hydrogens is 394 g/mol. The fraction of sp³-hybridized carbons (Fsp3) is 0.429. The van der Waals surface area contributed by atoms with Crippen LogP contribution in [0, 0.1) is 0 Å². The Labute approximate surface area is 176 Å². The summed E-state index contributed by atoms with van der Waals surface area (Å²) in [6.07, 6.45) is 3.49. The Morgan fingerprint density at radius 1 is 1.38 bits per heavy atom. The van der Waals surface area contributed by atoms with Crippen molar-refractivity contribution in [1.82, 2.24) is 10.2 Å². The molecule has 1 aromatic carbocycles. The minimum absolute atomic E-state index is 0.0398. The quantitative estimate of drug-likeness (QED) is 0.628. The van der Waals surface area contributed by atoms with Crippen LogP contribution in [0.15, 0.2) is 41.5 Å². The molecular formula is C21H28ClN3O4. The summed E-state index contributed by atoms with van der Waals surface area (Å²) in [6, 6.07) is 4.23. The molecule has 1 aliphatic heterocycles. The molecule has 1 fully saturated rings. The summed E-state index contributed by atoms with van der Waals surface area (Å²) in [6.45, 7) is 6.11. The summed E-state index contributed by atoms with van der Waals surface area (Å²) in [5.41, 5.74) is 6.84. The van der Waals surface area contributed by atoms with E-state index in [9.17, 15) is 9.59 Å². The zero-order chi connectivity index (χ0) is 21.6. The average Bonchev–Trinajstić information content (AvgIpc) is 3.17. The molecule has 7 nitrogen and oxygen atoms in total. The van der Waals surface area contributed by atoms with E-state index >= 15 is 0 Å². The number of likely N-dealkylation sites (tertiary alicyclic amines) is 1. The summed E-state index contributed by atoms with van der Waals surface area (Å²) in [5.74, 6) is 1.15. The van der Waals surface area contributed by atoms with Gasteiger partial charge in [-0.05, 0) is 43.0 Å². The highest BCUT2D eigenvalue weighted by molar-refractivity contribution is 6.31.